The quantitative estimate of drug-likeness (QED) is 0.601. The highest BCUT2D eigenvalue weighted by Crippen LogP contribution is 2.23. The van der Waals surface area contributed by atoms with Gasteiger partial charge in [0.2, 0.25) is 0 Å². The summed E-state index contributed by atoms with van der Waals surface area (Å²) in [5.41, 5.74) is 0. The van der Waals surface area contributed by atoms with Crippen LogP contribution in [0.2, 0.25) is 0 Å². The maximum atomic E-state index is 10.5. The summed E-state index contributed by atoms with van der Waals surface area (Å²) in [5, 5.41) is 11.2. The lowest BCUT2D eigenvalue weighted by Crippen LogP contribution is -2.16. The van der Waals surface area contributed by atoms with E-state index >= 15 is 0 Å². The van der Waals surface area contributed by atoms with Crippen molar-refractivity contribution in [3.8, 4) is 0 Å². The fourth-order valence-corrected chi connectivity index (χ4v) is 2.42. The zero-order valence-electron chi connectivity index (χ0n) is 6.62. The summed E-state index contributed by atoms with van der Waals surface area (Å²) < 4.78 is 1.21. The molecule has 0 unspecified atom stereocenters. The van der Waals surface area contributed by atoms with Crippen molar-refractivity contribution >= 4 is 44.9 Å². The summed E-state index contributed by atoms with van der Waals surface area (Å²) in [4.78, 5) is 10.1. The van der Waals surface area contributed by atoms with Gasteiger partial charge in [-0.25, -0.2) is 0 Å². The van der Waals surface area contributed by atoms with Crippen LogP contribution in [0.3, 0.4) is 0 Å². The first kappa shape index (κ1) is 10.1. The molecule has 0 aliphatic rings. The van der Waals surface area contributed by atoms with E-state index in [1.165, 1.54) is 0 Å². The standard InChI is InChI=1S/C8H6BrNO2S/c1-3-4-6-5(2)7(9)8(13-6)10(11)12/h3-4H,1-2H2/b6-4+. The molecule has 0 atom stereocenters. The Balaban J connectivity index is 3.55. The molecule has 1 rings (SSSR count). The maximum absolute atomic E-state index is 10.5. The lowest BCUT2D eigenvalue weighted by Gasteiger charge is -1.82. The molecule has 0 aliphatic heterocycles. The van der Waals surface area contributed by atoms with Gasteiger partial charge in [-0.3, -0.25) is 10.1 Å². The Morgan fingerprint density at radius 3 is 2.62 bits per heavy atom. The van der Waals surface area contributed by atoms with Gasteiger partial charge in [0.05, 0.1) is 4.92 Å². The molecule has 68 valence electrons. The smallest absolute Gasteiger partial charge is 0.258 e. The zero-order chi connectivity index (χ0) is 10.0. The summed E-state index contributed by atoms with van der Waals surface area (Å²) >= 11 is 4.21. The van der Waals surface area contributed by atoms with Gasteiger partial charge >= 0.3 is 5.00 Å². The van der Waals surface area contributed by atoms with Crippen molar-refractivity contribution in [2.24, 2.45) is 0 Å². The number of thiophene rings is 1. The zero-order valence-corrected chi connectivity index (χ0v) is 9.02. The van der Waals surface area contributed by atoms with E-state index in [0.29, 0.717) is 9.69 Å². The minimum atomic E-state index is -0.427. The van der Waals surface area contributed by atoms with Crippen LogP contribution in [0, 0.1) is 10.1 Å². The minimum absolute atomic E-state index is 0.0816. The molecule has 3 nitrogen and oxygen atoms in total. The fraction of sp³-hybridized carbons (Fsp3) is 0. The van der Waals surface area contributed by atoms with Gasteiger partial charge in [0.1, 0.15) is 4.47 Å². The molecule has 1 aromatic heterocycles. The van der Waals surface area contributed by atoms with E-state index in [-0.39, 0.29) is 5.00 Å². The lowest BCUT2D eigenvalue weighted by atomic mass is 10.4. The van der Waals surface area contributed by atoms with Crippen LogP contribution in [0.1, 0.15) is 0 Å². The van der Waals surface area contributed by atoms with Gasteiger partial charge in [-0.1, -0.05) is 30.6 Å². The van der Waals surface area contributed by atoms with Crippen molar-refractivity contribution in [2.75, 3.05) is 0 Å². The Morgan fingerprint density at radius 1 is 1.62 bits per heavy atom. The van der Waals surface area contributed by atoms with Gasteiger partial charge in [-0.2, -0.15) is 0 Å². The molecule has 0 saturated heterocycles. The van der Waals surface area contributed by atoms with Crippen LogP contribution >= 0.6 is 27.3 Å². The molecule has 13 heavy (non-hydrogen) atoms. The Kier molecular flexibility index (Phi) is 3.00. The predicted octanol–water partition coefficient (Wildman–Crippen LogP) is 1.80. The van der Waals surface area contributed by atoms with E-state index in [1.54, 1.807) is 12.2 Å². The van der Waals surface area contributed by atoms with Crippen LogP contribution in [0.15, 0.2) is 17.1 Å². The van der Waals surface area contributed by atoms with Crippen LogP contribution < -0.4 is 9.75 Å². The molecular formula is C8H6BrNO2S. The molecular weight excluding hydrogens is 254 g/mol. The number of nitrogens with zero attached hydrogens (tertiary/aromatic N) is 1. The summed E-state index contributed by atoms with van der Waals surface area (Å²) in [6, 6.07) is 0. The van der Waals surface area contributed by atoms with Gasteiger partial charge < -0.3 is 0 Å². The van der Waals surface area contributed by atoms with Crippen LogP contribution in [0.25, 0.3) is 12.7 Å². The van der Waals surface area contributed by atoms with E-state index in [9.17, 15) is 10.1 Å². The summed E-state index contributed by atoms with van der Waals surface area (Å²) in [6.07, 6.45) is 3.28. The van der Waals surface area contributed by atoms with Gasteiger partial charge in [0.15, 0.2) is 0 Å². The van der Waals surface area contributed by atoms with Crippen LogP contribution in [0.4, 0.5) is 5.00 Å². The summed E-state index contributed by atoms with van der Waals surface area (Å²) in [7, 11) is 0. The first-order valence-electron chi connectivity index (χ1n) is 3.32. The molecule has 1 heterocycles. The van der Waals surface area contributed by atoms with Crippen molar-refractivity contribution in [1.29, 1.82) is 0 Å². The molecule has 0 amide bonds. The first-order chi connectivity index (χ1) is 6.07. The second-order valence-electron chi connectivity index (χ2n) is 2.22. The van der Waals surface area contributed by atoms with E-state index < -0.39 is 4.92 Å². The van der Waals surface area contributed by atoms with Gasteiger partial charge in [0, 0.05) is 9.75 Å². The molecule has 5 heteroatoms. The van der Waals surface area contributed by atoms with Crippen molar-refractivity contribution < 1.29 is 4.92 Å². The molecule has 0 fully saturated rings. The summed E-state index contributed by atoms with van der Waals surface area (Å²) in [6.45, 7) is 7.24. The van der Waals surface area contributed by atoms with Crippen LogP contribution in [0.5, 0.6) is 0 Å². The maximum Gasteiger partial charge on any atom is 0.339 e. The van der Waals surface area contributed by atoms with E-state index in [1.807, 2.05) is 0 Å². The molecule has 0 aliphatic carbocycles. The highest BCUT2D eigenvalue weighted by molar-refractivity contribution is 9.10. The third-order valence-electron chi connectivity index (χ3n) is 1.39. The number of halogens is 1. The fourth-order valence-electron chi connectivity index (χ4n) is 0.807. The van der Waals surface area contributed by atoms with Gasteiger partial charge in [-0.05, 0) is 22.0 Å². The van der Waals surface area contributed by atoms with Crippen molar-refractivity contribution in [1.82, 2.24) is 0 Å². The number of rotatable bonds is 2. The lowest BCUT2D eigenvalue weighted by molar-refractivity contribution is -0.381. The molecule has 0 spiro atoms. The average molecular weight is 260 g/mol. The molecule has 0 radical (unpaired) electrons. The van der Waals surface area contributed by atoms with Gasteiger partial charge in [0.25, 0.3) is 0 Å². The molecule has 1 aromatic rings. The highest BCUT2D eigenvalue weighted by Gasteiger charge is 2.15. The van der Waals surface area contributed by atoms with Crippen molar-refractivity contribution in [2.45, 2.75) is 0 Å². The first-order valence-corrected chi connectivity index (χ1v) is 4.93. The highest BCUT2D eigenvalue weighted by atomic mass is 79.9. The number of hydrogen-bond donors (Lipinski definition) is 0. The number of allylic oxidation sites excluding steroid dienone is 1. The van der Waals surface area contributed by atoms with Crippen molar-refractivity contribution in [3.05, 3.63) is 37.0 Å². The van der Waals surface area contributed by atoms with Crippen LogP contribution in [-0.2, 0) is 0 Å². The minimum Gasteiger partial charge on any atom is -0.258 e. The van der Waals surface area contributed by atoms with E-state index in [0.717, 1.165) is 15.9 Å². The second kappa shape index (κ2) is 3.85. The molecule has 0 aromatic carbocycles. The molecule has 0 bridgehead atoms. The Labute approximate surface area is 87.0 Å². The normalized spacial score (nSPS) is 11.6. The predicted molar refractivity (Wildman–Crippen MR) is 58.1 cm³/mol. The third kappa shape index (κ3) is 1.87. The Morgan fingerprint density at radius 2 is 2.23 bits per heavy atom. The topological polar surface area (TPSA) is 43.1 Å². The molecule has 0 N–H and O–H groups in total. The number of hydrogen-bond acceptors (Lipinski definition) is 3. The van der Waals surface area contributed by atoms with E-state index in [2.05, 4.69) is 29.1 Å². The van der Waals surface area contributed by atoms with Crippen LogP contribution in [-0.4, -0.2) is 4.92 Å². The van der Waals surface area contributed by atoms with Crippen molar-refractivity contribution in [3.63, 3.8) is 0 Å². The number of nitro groups is 1. The Hall–Kier alpha value is -0.940. The van der Waals surface area contributed by atoms with E-state index in [4.69, 9.17) is 0 Å². The summed E-state index contributed by atoms with van der Waals surface area (Å²) in [5.74, 6) is 0. The van der Waals surface area contributed by atoms with Gasteiger partial charge in [-0.15, -0.1) is 0 Å². The monoisotopic (exact) mass is 259 g/mol. The third-order valence-corrected chi connectivity index (χ3v) is 3.66. The Bertz CT molecular complexity index is 463. The average Bonchev–Trinajstić information content (AvgIpc) is 2.33. The molecule has 0 saturated carbocycles. The second-order valence-corrected chi connectivity index (χ2v) is 4.05. The largest absolute Gasteiger partial charge is 0.339 e. The SMILES string of the molecule is C=C/C=c1/sc([N+](=O)[O-])c(Br)c1=C.